The number of pyridine rings is 1. The van der Waals surface area contributed by atoms with Crippen molar-refractivity contribution in [2.75, 3.05) is 6.61 Å². The van der Waals surface area contributed by atoms with E-state index in [2.05, 4.69) is 20.9 Å². The highest BCUT2D eigenvalue weighted by molar-refractivity contribution is 9.10. The second kappa shape index (κ2) is 4.06. The molecule has 0 radical (unpaired) electrons. The summed E-state index contributed by atoms with van der Waals surface area (Å²) in [6.07, 6.45) is 1.57. The zero-order valence-corrected chi connectivity index (χ0v) is 7.58. The van der Waals surface area contributed by atoms with E-state index in [0.29, 0.717) is 10.4 Å². The quantitative estimate of drug-likeness (QED) is 0.685. The third-order valence-electron chi connectivity index (χ3n) is 1.07. The highest BCUT2D eigenvalue weighted by atomic mass is 79.9. The fourth-order valence-corrected chi connectivity index (χ4v) is 0.980. The number of carbonyl (C=O) groups excluding carboxylic acids is 1. The number of aliphatic carboxylic acids is 1. The van der Waals surface area contributed by atoms with E-state index in [1.807, 2.05) is 0 Å². The molecule has 0 aliphatic heterocycles. The Kier molecular flexibility index (Phi) is 3.04. The molecule has 1 aromatic heterocycles. The van der Waals surface area contributed by atoms with E-state index in [0.717, 1.165) is 0 Å². The Labute approximate surface area is 77.3 Å². The van der Waals surface area contributed by atoms with Crippen LogP contribution in [-0.4, -0.2) is 17.6 Å². The lowest BCUT2D eigenvalue weighted by atomic mass is 10.5. The number of ether oxygens (including phenoxy) is 1. The maximum Gasteiger partial charge on any atom is 0.152 e. The van der Waals surface area contributed by atoms with Gasteiger partial charge in [0.15, 0.2) is 5.75 Å². The van der Waals surface area contributed by atoms with Crippen LogP contribution in [0.1, 0.15) is 0 Å². The first-order chi connectivity index (χ1) is 5.70. The number of aromatic nitrogens is 1. The molecule has 0 aliphatic carbocycles. The van der Waals surface area contributed by atoms with Crippen molar-refractivity contribution in [3.8, 4) is 5.75 Å². The largest absolute Gasteiger partial charge is 0.546 e. The third-order valence-corrected chi connectivity index (χ3v) is 1.67. The Morgan fingerprint density at radius 3 is 3.08 bits per heavy atom. The summed E-state index contributed by atoms with van der Waals surface area (Å²) in [5.74, 6) is -0.868. The summed E-state index contributed by atoms with van der Waals surface area (Å²) < 4.78 is 5.30. The SMILES string of the molecule is O=C([O-])COc1cccnc1Br. The van der Waals surface area contributed by atoms with Crippen molar-refractivity contribution in [1.82, 2.24) is 4.98 Å². The van der Waals surface area contributed by atoms with Gasteiger partial charge in [0.1, 0.15) is 11.2 Å². The van der Waals surface area contributed by atoms with Crippen LogP contribution in [0.25, 0.3) is 0 Å². The first kappa shape index (κ1) is 8.99. The molecule has 0 saturated heterocycles. The van der Waals surface area contributed by atoms with Crippen molar-refractivity contribution in [3.63, 3.8) is 0 Å². The van der Waals surface area contributed by atoms with Gasteiger partial charge in [-0.3, -0.25) is 0 Å². The number of carbonyl (C=O) groups is 1. The van der Waals surface area contributed by atoms with E-state index >= 15 is 0 Å². The van der Waals surface area contributed by atoms with E-state index in [1.54, 1.807) is 18.3 Å². The molecule has 64 valence electrons. The molecule has 0 amide bonds. The first-order valence-electron chi connectivity index (χ1n) is 3.13. The Morgan fingerprint density at radius 2 is 2.50 bits per heavy atom. The lowest BCUT2D eigenvalue weighted by molar-refractivity contribution is -0.307. The van der Waals surface area contributed by atoms with Gasteiger partial charge in [-0.05, 0) is 28.1 Å². The maximum atomic E-state index is 10.0. The van der Waals surface area contributed by atoms with Crippen LogP contribution in [0, 0.1) is 0 Å². The van der Waals surface area contributed by atoms with E-state index in [1.165, 1.54) is 0 Å². The second-order valence-electron chi connectivity index (χ2n) is 1.95. The van der Waals surface area contributed by atoms with E-state index in [-0.39, 0.29) is 0 Å². The topological polar surface area (TPSA) is 62.2 Å². The molecule has 0 saturated carbocycles. The Bertz CT molecular complexity index is 290. The third kappa shape index (κ3) is 2.50. The Morgan fingerprint density at radius 1 is 1.75 bits per heavy atom. The van der Waals surface area contributed by atoms with Gasteiger partial charge in [-0.1, -0.05) is 0 Å². The van der Waals surface area contributed by atoms with Gasteiger partial charge in [-0.25, -0.2) is 4.98 Å². The standard InChI is InChI=1S/C7H6BrNO3/c8-7-5(2-1-3-9-7)12-4-6(10)11/h1-3H,4H2,(H,10,11)/p-1. The zero-order chi connectivity index (χ0) is 8.97. The molecule has 0 bridgehead atoms. The highest BCUT2D eigenvalue weighted by Gasteiger charge is 1.99. The minimum Gasteiger partial charge on any atom is -0.546 e. The van der Waals surface area contributed by atoms with Gasteiger partial charge >= 0.3 is 0 Å². The van der Waals surface area contributed by atoms with Crippen LogP contribution >= 0.6 is 15.9 Å². The lowest BCUT2D eigenvalue weighted by Crippen LogP contribution is -2.29. The summed E-state index contributed by atoms with van der Waals surface area (Å²) in [5.41, 5.74) is 0. The molecule has 5 heteroatoms. The molecule has 0 aliphatic rings. The first-order valence-corrected chi connectivity index (χ1v) is 3.92. The molecule has 0 atom stereocenters. The highest BCUT2D eigenvalue weighted by Crippen LogP contribution is 2.20. The molecule has 4 nitrogen and oxygen atoms in total. The average molecular weight is 231 g/mol. The monoisotopic (exact) mass is 230 g/mol. The van der Waals surface area contributed by atoms with Crippen LogP contribution in [0.5, 0.6) is 5.75 Å². The molecule has 1 heterocycles. The van der Waals surface area contributed by atoms with Crippen LogP contribution < -0.4 is 9.84 Å². The average Bonchev–Trinajstić information content (AvgIpc) is 2.03. The van der Waals surface area contributed by atoms with E-state index < -0.39 is 12.6 Å². The van der Waals surface area contributed by atoms with Crippen molar-refractivity contribution in [1.29, 1.82) is 0 Å². The van der Waals surface area contributed by atoms with Crippen LogP contribution in [0.2, 0.25) is 0 Å². The molecule has 0 aromatic carbocycles. The van der Waals surface area contributed by atoms with Crippen molar-refractivity contribution in [2.24, 2.45) is 0 Å². The van der Waals surface area contributed by atoms with Crippen molar-refractivity contribution in [3.05, 3.63) is 22.9 Å². The van der Waals surface area contributed by atoms with Gasteiger partial charge in [0.2, 0.25) is 0 Å². The number of hydrogen-bond acceptors (Lipinski definition) is 4. The molecular weight excluding hydrogens is 226 g/mol. The van der Waals surface area contributed by atoms with Gasteiger partial charge < -0.3 is 14.6 Å². The molecule has 0 spiro atoms. The predicted molar refractivity (Wildman–Crippen MR) is 42.4 cm³/mol. The van der Waals surface area contributed by atoms with Gasteiger partial charge in [0.05, 0.1) is 5.97 Å². The van der Waals surface area contributed by atoms with E-state index in [4.69, 9.17) is 4.74 Å². The number of nitrogens with zero attached hydrogens (tertiary/aromatic N) is 1. The van der Waals surface area contributed by atoms with Crippen molar-refractivity contribution < 1.29 is 14.6 Å². The minimum atomic E-state index is -1.26. The van der Waals surface area contributed by atoms with Gasteiger partial charge in [0.25, 0.3) is 0 Å². The number of hydrogen-bond donors (Lipinski definition) is 0. The molecule has 0 unspecified atom stereocenters. The summed E-state index contributed by atoms with van der Waals surface area (Å²) in [7, 11) is 0. The van der Waals surface area contributed by atoms with Gasteiger partial charge in [-0.15, -0.1) is 0 Å². The summed E-state index contributed by atoms with van der Waals surface area (Å²) in [5, 5.41) is 10.0. The zero-order valence-electron chi connectivity index (χ0n) is 5.99. The van der Waals surface area contributed by atoms with Crippen LogP contribution in [-0.2, 0) is 4.79 Å². The Balaban J connectivity index is 2.63. The fraction of sp³-hybridized carbons (Fsp3) is 0.143. The fourth-order valence-electron chi connectivity index (χ4n) is 0.616. The van der Waals surface area contributed by atoms with Gasteiger partial charge in [0, 0.05) is 6.20 Å². The summed E-state index contributed by atoms with van der Waals surface area (Å²) in [4.78, 5) is 13.8. The van der Waals surface area contributed by atoms with Crippen LogP contribution in [0.15, 0.2) is 22.9 Å². The lowest BCUT2D eigenvalue weighted by Gasteiger charge is -2.06. The van der Waals surface area contributed by atoms with E-state index in [9.17, 15) is 9.90 Å². The summed E-state index contributed by atoms with van der Waals surface area (Å²) in [6.45, 7) is -0.468. The van der Waals surface area contributed by atoms with Crippen LogP contribution in [0.3, 0.4) is 0 Å². The molecule has 1 aromatic rings. The predicted octanol–water partition coefficient (Wildman–Crippen LogP) is -0.0272. The normalized spacial score (nSPS) is 9.42. The number of carboxylic acid groups (broad SMARTS) is 1. The molecule has 0 N–H and O–H groups in total. The molecule has 0 fully saturated rings. The number of rotatable bonds is 3. The Hall–Kier alpha value is -1.10. The van der Waals surface area contributed by atoms with Gasteiger partial charge in [-0.2, -0.15) is 0 Å². The molecule has 12 heavy (non-hydrogen) atoms. The second-order valence-corrected chi connectivity index (χ2v) is 2.70. The van der Waals surface area contributed by atoms with Crippen molar-refractivity contribution >= 4 is 21.9 Å². The molecule has 1 rings (SSSR count). The summed E-state index contributed by atoms with van der Waals surface area (Å²) in [6, 6.07) is 3.26. The smallest absolute Gasteiger partial charge is 0.152 e. The number of carboxylic acids is 1. The maximum absolute atomic E-state index is 10.0. The number of halogens is 1. The van der Waals surface area contributed by atoms with Crippen LogP contribution in [0.4, 0.5) is 0 Å². The molecular formula is C7H5BrNO3-. The van der Waals surface area contributed by atoms with Crippen molar-refractivity contribution in [2.45, 2.75) is 0 Å². The summed E-state index contributed by atoms with van der Waals surface area (Å²) >= 11 is 3.10. The minimum absolute atomic E-state index is 0.390.